The van der Waals surface area contributed by atoms with Crippen molar-refractivity contribution in [1.29, 1.82) is 0 Å². The predicted octanol–water partition coefficient (Wildman–Crippen LogP) is 2.39. The Morgan fingerprint density at radius 2 is 1.87 bits per heavy atom. The van der Waals surface area contributed by atoms with Crippen LogP contribution in [0, 0.1) is 11.6 Å². The molecule has 30 heavy (non-hydrogen) atoms. The van der Waals surface area contributed by atoms with E-state index in [0.29, 0.717) is 50.0 Å². The number of hydrogen-bond donors (Lipinski definition) is 0. The van der Waals surface area contributed by atoms with Crippen LogP contribution >= 0.6 is 0 Å². The fraction of sp³-hybridized carbons (Fsp3) is 0.476. The van der Waals surface area contributed by atoms with E-state index in [9.17, 15) is 18.4 Å². The number of amides is 2. The van der Waals surface area contributed by atoms with Gasteiger partial charge in [-0.2, -0.15) is 5.10 Å². The van der Waals surface area contributed by atoms with Gasteiger partial charge in [-0.05, 0) is 36.6 Å². The molecule has 3 aliphatic heterocycles. The summed E-state index contributed by atoms with van der Waals surface area (Å²) in [5.74, 6) is -1.62. The molecule has 0 N–H and O–H groups in total. The largest absolute Gasteiger partial charge is 0.342 e. The normalized spacial score (nSPS) is 25.2. The highest BCUT2D eigenvalue weighted by Crippen LogP contribution is 2.47. The number of piperidine rings is 1. The van der Waals surface area contributed by atoms with E-state index in [4.69, 9.17) is 4.74 Å². The Labute approximate surface area is 172 Å². The molecule has 4 heterocycles. The summed E-state index contributed by atoms with van der Waals surface area (Å²) in [7, 11) is 1.75. The third-order valence-electron chi connectivity index (χ3n) is 6.38. The zero-order valence-electron chi connectivity index (χ0n) is 16.6. The lowest BCUT2D eigenvalue weighted by atomic mass is 9.89. The molecule has 3 aliphatic rings. The molecule has 9 heteroatoms. The molecule has 2 amide bonds. The number of benzene rings is 1. The summed E-state index contributed by atoms with van der Waals surface area (Å²) >= 11 is 0. The van der Waals surface area contributed by atoms with E-state index < -0.39 is 29.5 Å². The highest BCUT2D eigenvalue weighted by atomic mass is 19.1. The molecule has 0 saturated carbocycles. The summed E-state index contributed by atoms with van der Waals surface area (Å²) in [6, 6.07) is 4.65. The molecular weight excluding hydrogens is 394 g/mol. The molecule has 3 saturated heterocycles. The van der Waals surface area contributed by atoms with E-state index in [2.05, 4.69) is 5.10 Å². The standard InChI is InChI=1S/C21H22F2N4O3/c1-25-7-4-16(24-25)19(28)26-8-5-21(6-9-26)20(29)27-17(2-3-18(27)30-21)13-10-14(22)12-15(23)11-13/h4,7,10-12,17-18H,2-3,5-6,8-9H2,1H3/t17-,18+/m0/s1. The van der Waals surface area contributed by atoms with Crippen molar-refractivity contribution in [3.05, 3.63) is 53.4 Å². The number of aryl methyl sites for hydroxylation is 1. The topological polar surface area (TPSA) is 67.7 Å². The molecule has 0 bridgehead atoms. The molecule has 2 aromatic rings. The molecule has 1 aromatic heterocycles. The van der Waals surface area contributed by atoms with Crippen molar-refractivity contribution in [2.45, 2.75) is 43.6 Å². The molecule has 2 atom stereocenters. The first-order valence-electron chi connectivity index (χ1n) is 10.1. The Bertz CT molecular complexity index is 995. The number of fused-ring (bicyclic) bond motifs is 1. The van der Waals surface area contributed by atoms with E-state index in [-0.39, 0.29) is 11.8 Å². The number of nitrogens with zero attached hydrogens (tertiary/aromatic N) is 4. The molecule has 0 unspecified atom stereocenters. The van der Waals surface area contributed by atoms with Gasteiger partial charge in [0, 0.05) is 45.2 Å². The smallest absolute Gasteiger partial charge is 0.274 e. The number of aromatic nitrogens is 2. The van der Waals surface area contributed by atoms with Gasteiger partial charge in [0.15, 0.2) is 5.60 Å². The van der Waals surface area contributed by atoms with Crippen molar-refractivity contribution in [1.82, 2.24) is 19.6 Å². The van der Waals surface area contributed by atoms with Crippen LogP contribution in [0.5, 0.6) is 0 Å². The lowest BCUT2D eigenvalue weighted by Crippen LogP contribution is -2.51. The number of hydrogen-bond acceptors (Lipinski definition) is 4. The first-order valence-corrected chi connectivity index (χ1v) is 10.1. The second-order valence-electron chi connectivity index (χ2n) is 8.24. The maximum atomic E-state index is 13.7. The number of halogens is 2. The molecule has 1 aromatic carbocycles. The molecule has 7 nitrogen and oxygen atoms in total. The van der Waals surface area contributed by atoms with Crippen LogP contribution in [0.4, 0.5) is 8.78 Å². The number of ether oxygens (including phenoxy) is 1. The van der Waals surface area contributed by atoms with Gasteiger partial charge in [-0.15, -0.1) is 0 Å². The van der Waals surface area contributed by atoms with Gasteiger partial charge in [0.1, 0.15) is 23.6 Å². The third kappa shape index (κ3) is 2.99. The molecule has 0 radical (unpaired) electrons. The first-order chi connectivity index (χ1) is 14.4. The highest BCUT2D eigenvalue weighted by Gasteiger charge is 2.58. The SMILES string of the molecule is Cn1ccc(C(=O)N2CCC3(CC2)O[C@@H]2CC[C@@H](c4cc(F)cc(F)c4)N2C3=O)n1. The van der Waals surface area contributed by atoms with Crippen molar-refractivity contribution >= 4 is 11.8 Å². The lowest BCUT2D eigenvalue weighted by Gasteiger charge is -2.37. The summed E-state index contributed by atoms with van der Waals surface area (Å²) in [4.78, 5) is 29.3. The Morgan fingerprint density at radius 3 is 2.50 bits per heavy atom. The average molecular weight is 416 g/mol. The van der Waals surface area contributed by atoms with E-state index in [1.807, 2.05) is 0 Å². The van der Waals surface area contributed by atoms with Gasteiger partial charge < -0.3 is 14.5 Å². The Kier molecular flexibility index (Phi) is 4.39. The molecule has 5 rings (SSSR count). The van der Waals surface area contributed by atoms with Crippen molar-refractivity contribution in [3.63, 3.8) is 0 Å². The summed E-state index contributed by atoms with van der Waals surface area (Å²) in [6.07, 6.45) is 3.31. The Morgan fingerprint density at radius 1 is 1.17 bits per heavy atom. The van der Waals surface area contributed by atoms with Crippen molar-refractivity contribution in [2.75, 3.05) is 13.1 Å². The monoisotopic (exact) mass is 416 g/mol. The number of carbonyl (C=O) groups is 2. The lowest BCUT2D eigenvalue weighted by molar-refractivity contribution is -0.142. The fourth-order valence-electron chi connectivity index (χ4n) is 4.90. The zero-order valence-corrected chi connectivity index (χ0v) is 16.6. The maximum Gasteiger partial charge on any atom is 0.274 e. The minimum atomic E-state index is -0.976. The first kappa shape index (κ1) is 19.2. The second-order valence-corrected chi connectivity index (χ2v) is 8.24. The average Bonchev–Trinajstić information content (AvgIpc) is 3.38. The van der Waals surface area contributed by atoms with Crippen LogP contribution in [0.25, 0.3) is 0 Å². The van der Waals surface area contributed by atoms with Gasteiger partial charge >= 0.3 is 0 Å². The van der Waals surface area contributed by atoms with Gasteiger partial charge in [-0.25, -0.2) is 8.78 Å². The highest BCUT2D eigenvalue weighted by molar-refractivity contribution is 5.93. The number of likely N-dealkylation sites (tertiary alicyclic amines) is 1. The number of rotatable bonds is 2. The van der Waals surface area contributed by atoms with E-state index in [1.165, 1.54) is 12.1 Å². The van der Waals surface area contributed by atoms with E-state index >= 15 is 0 Å². The van der Waals surface area contributed by atoms with Crippen LogP contribution < -0.4 is 0 Å². The molecule has 3 fully saturated rings. The zero-order chi connectivity index (χ0) is 21.0. The van der Waals surface area contributed by atoms with Gasteiger partial charge in [0.05, 0.1) is 6.04 Å². The van der Waals surface area contributed by atoms with E-state index in [0.717, 1.165) is 6.07 Å². The fourth-order valence-corrected chi connectivity index (χ4v) is 4.90. The maximum absolute atomic E-state index is 13.7. The van der Waals surface area contributed by atoms with Gasteiger partial charge in [0.2, 0.25) is 0 Å². The van der Waals surface area contributed by atoms with Crippen LogP contribution in [-0.4, -0.2) is 56.3 Å². The molecule has 1 spiro atoms. The van der Waals surface area contributed by atoms with Crippen molar-refractivity contribution < 1.29 is 23.1 Å². The summed E-state index contributed by atoms with van der Waals surface area (Å²) in [6.45, 7) is 0.780. The van der Waals surface area contributed by atoms with E-state index in [1.54, 1.807) is 33.8 Å². The summed E-state index contributed by atoms with van der Waals surface area (Å²) in [5, 5.41) is 4.15. The number of carbonyl (C=O) groups excluding carboxylic acids is 2. The third-order valence-corrected chi connectivity index (χ3v) is 6.38. The minimum Gasteiger partial charge on any atom is -0.342 e. The van der Waals surface area contributed by atoms with Gasteiger partial charge in [-0.1, -0.05) is 0 Å². The van der Waals surface area contributed by atoms with Crippen LogP contribution in [-0.2, 0) is 16.6 Å². The summed E-state index contributed by atoms with van der Waals surface area (Å²) < 4.78 is 35.2. The van der Waals surface area contributed by atoms with Crippen LogP contribution in [0.3, 0.4) is 0 Å². The van der Waals surface area contributed by atoms with Crippen LogP contribution in [0.15, 0.2) is 30.5 Å². The predicted molar refractivity (Wildman–Crippen MR) is 101 cm³/mol. The second kappa shape index (κ2) is 6.87. The van der Waals surface area contributed by atoms with Crippen LogP contribution in [0.2, 0.25) is 0 Å². The summed E-state index contributed by atoms with van der Waals surface area (Å²) in [5.41, 5.74) is -0.150. The van der Waals surface area contributed by atoms with Gasteiger partial charge in [-0.3, -0.25) is 14.3 Å². The molecular formula is C21H22F2N4O3. The quantitative estimate of drug-likeness (QED) is 0.754. The minimum absolute atomic E-state index is 0.149. The Balaban J connectivity index is 1.32. The van der Waals surface area contributed by atoms with Crippen LogP contribution in [0.1, 0.15) is 47.8 Å². The molecule has 158 valence electrons. The van der Waals surface area contributed by atoms with Crippen molar-refractivity contribution in [2.24, 2.45) is 7.05 Å². The molecule has 0 aliphatic carbocycles. The van der Waals surface area contributed by atoms with Crippen molar-refractivity contribution in [3.8, 4) is 0 Å². The van der Waals surface area contributed by atoms with Gasteiger partial charge in [0.25, 0.3) is 11.8 Å². The Hall–Kier alpha value is -2.81.